The van der Waals surface area contributed by atoms with Gasteiger partial charge in [-0.05, 0) is 29.7 Å². The number of hydrogen-bond donors (Lipinski definition) is 1. The van der Waals surface area contributed by atoms with Crippen LogP contribution in [0.15, 0.2) is 90.2 Å². The van der Waals surface area contributed by atoms with Crippen LogP contribution in [0.3, 0.4) is 0 Å². The number of hydrazone groups is 1. The molecule has 0 saturated carbocycles. The number of fused-ring (bicyclic) bond motifs is 1. The largest absolute Gasteiger partial charge is 0.259 e. The Bertz CT molecular complexity index is 1070. The molecule has 4 rings (SSSR count). The molecule has 0 aliphatic rings. The second-order valence-electron chi connectivity index (χ2n) is 6.04. The highest BCUT2D eigenvalue weighted by molar-refractivity contribution is 6.00. The molecule has 0 saturated heterocycles. The molecule has 4 nitrogen and oxygen atoms in total. The minimum absolute atomic E-state index is 0.654. The first-order chi connectivity index (χ1) is 12.8. The van der Waals surface area contributed by atoms with Gasteiger partial charge in [0, 0.05) is 10.8 Å². The molecule has 0 amide bonds. The number of hydrogen-bond acceptors (Lipinski definition) is 4. The van der Waals surface area contributed by atoms with Crippen molar-refractivity contribution < 1.29 is 0 Å². The van der Waals surface area contributed by atoms with Gasteiger partial charge in [-0.1, -0.05) is 72.8 Å². The van der Waals surface area contributed by atoms with E-state index in [0.717, 1.165) is 22.0 Å². The molecule has 0 fully saturated rings. The van der Waals surface area contributed by atoms with Crippen molar-refractivity contribution in [3.8, 4) is 11.1 Å². The molecular formula is C22H18N4. The predicted octanol–water partition coefficient (Wildman–Crippen LogP) is 5.13. The summed E-state index contributed by atoms with van der Waals surface area (Å²) < 4.78 is 0. The van der Waals surface area contributed by atoms with Crippen molar-refractivity contribution in [1.29, 1.82) is 0 Å². The number of nitrogens with one attached hydrogen (secondary N) is 1. The predicted molar refractivity (Wildman–Crippen MR) is 107 cm³/mol. The van der Waals surface area contributed by atoms with Gasteiger partial charge in [-0.15, -0.1) is 5.10 Å². The molecular weight excluding hydrogens is 320 g/mol. The van der Waals surface area contributed by atoms with Gasteiger partial charge in [-0.2, -0.15) is 10.2 Å². The van der Waals surface area contributed by atoms with Gasteiger partial charge in [0.05, 0.1) is 11.9 Å². The van der Waals surface area contributed by atoms with E-state index in [9.17, 15) is 0 Å². The zero-order chi connectivity index (χ0) is 17.8. The van der Waals surface area contributed by atoms with E-state index in [1.807, 2.05) is 49.4 Å². The lowest BCUT2D eigenvalue weighted by Crippen LogP contribution is -2.02. The Kier molecular flexibility index (Phi) is 4.39. The Labute approximate surface area is 152 Å². The average molecular weight is 338 g/mol. The normalized spacial score (nSPS) is 11.5. The molecule has 0 unspecified atom stereocenters. The van der Waals surface area contributed by atoms with Crippen LogP contribution in [0.2, 0.25) is 0 Å². The summed E-state index contributed by atoms with van der Waals surface area (Å²) in [6.45, 7) is 1.98. The molecule has 26 heavy (non-hydrogen) atoms. The molecule has 4 aromatic rings. The van der Waals surface area contributed by atoms with E-state index in [4.69, 9.17) is 0 Å². The van der Waals surface area contributed by atoms with E-state index in [2.05, 4.69) is 57.1 Å². The highest BCUT2D eigenvalue weighted by atomic mass is 15.3. The Balaban J connectivity index is 1.62. The quantitative estimate of drug-likeness (QED) is 0.414. The van der Waals surface area contributed by atoms with Crippen molar-refractivity contribution >= 4 is 22.3 Å². The van der Waals surface area contributed by atoms with E-state index in [1.165, 1.54) is 11.1 Å². The van der Waals surface area contributed by atoms with Crippen molar-refractivity contribution in [2.45, 2.75) is 6.92 Å². The standard InChI is InChI=1S/C22H18N4/c1-16(18-11-7-12-19(14-18)17-8-3-2-4-9-17)24-26-22-21-13-6-5-10-20(21)15-23-25-22/h2-15H,1H3,(H,25,26)/b24-16+. The highest BCUT2D eigenvalue weighted by Gasteiger charge is 2.04. The number of rotatable bonds is 4. The summed E-state index contributed by atoms with van der Waals surface area (Å²) in [5, 5.41) is 14.7. The summed E-state index contributed by atoms with van der Waals surface area (Å²) in [6.07, 6.45) is 1.75. The average Bonchev–Trinajstić information content (AvgIpc) is 2.72. The molecule has 0 radical (unpaired) electrons. The monoisotopic (exact) mass is 338 g/mol. The summed E-state index contributed by atoms with van der Waals surface area (Å²) >= 11 is 0. The Morgan fingerprint density at radius 3 is 2.50 bits per heavy atom. The van der Waals surface area contributed by atoms with Gasteiger partial charge in [0.25, 0.3) is 0 Å². The third-order valence-electron chi connectivity index (χ3n) is 4.29. The van der Waals surface area contributed by atoms with E-state index in [1.54, 1.807) is 6.20 Å². The minimum Gasteiger partial charge on any atom is -0.259 e. The van der Waals surface area contributed by atoms with Gasteiger partial charge in [0.1, 0.15) is 0 Å². The first-order valence-corrected chi connectivity index (χ1v) is 8.48. The molecule has 4 heteroatoms. The number of aromatic nitrogens is 2. The van der Waals surface area contributed by atoms with Crippen LogP contribution in [0.25, 0.3) is 21.9 Å². The molecule has 1 N–H and O–H groups in total. The summed E-state index contributed by atoms with van der Waals surface area (Å²) in [5.41, 5.74) is 7.37. The fraction of sp³-hybridized carbons (Fsp3) is 0.0455. The molecule has 1 aromatic heterocycles. The molecule has 0 aliphatic carbocycles. The van der Waals surface area contributed by atoms with Gasteiger partial charge in [-0.25, -0.2) is 0 Å². The molecule has 126 valence electrons. The number of benzene rings is 3. The van der Waals surface area contributed by atoms with Crippen LogP contribution in [0.1, 0.15) is 12.5 Å². The second kappa shape index (κ2) is 7.15. The van der Waals surface area contributed by atoms with Crippen LogP contribution < -0.4 is 5.43 Å². The second-order valence-corrected chi connectivity index (χ2v) is 6.04. The first-order valence-electron chi connectivity index (χ1n) is 8.48. The van der Waals surface area contributed by atoms with Gasteiger partial charge in [0.2, 0.25) is 0 Å². The van der Waals surface area contributed by atoms with Crippen LogP contribution in [0.5, 0.6) is 0 Å². The molecule has 0 aliphatic heterocycles. The summed E-state index contributed by atoms with van der Waals surface area (Å²) in [6, 6.07) is 26.7. The maximum atomic E-state index is 4.51. The van der Waals surface area contributed by atoms with Crippen molar-refractivity contribution in [2.24, 2.45) is 5.10 Å². The number of anilines is 1. The zero-order valence-electron chi connectivity index (χ0n) is 14.4. The Morgan fingerprint density at radius 2 is 1.62 bits per heavy atom. The molecule has 1 heterocycles. The van der Waals surface area contributed by atoms with Crippen molar-refractivity contribution in [3.63, 3.8) is 0 Å². The Hall–Kier alpha value is -3.53. The van der Waals surface area contributed by atoms with Gasteiger partial charge in [0.15, 0.2) is 5.82 Å². The SMILES string of the molecule is C/C(=N\Nc1nncc2ccccc12)c1cccc(-c2ccccc2)c1. The minimum atomic E-state index is 0.654. The van der Waals surface area contributed by atoms with Crippen LogP contribution >= 0.6 is 0 Å². The lowest BCUT2D eigenvalue weighted by molar-refractivity contribution is 1.04. The lowest BCUT2D eigenvalue weighted by Gasteiger charge is -2.07. The molecule has 3 aromatic carbocycles. The van der Waals surface area contributed by atoms with Crippen LogP contribution in [0.4, 0.5) is 5.82 Å². The van der Waals surface area contributed by atoms with Gasteiger partial charge < -0.3 is 0 Å². The van der Waals surface area contributed by atoms with Crippen molar-refractivity contribution in [2.75, 3.05) is 5.43 Å². The van der Waals surface area contributed by atoms with Gasteiger partial charge >= 0.3 is 0 Å². The van der Waals surface area contributed by atoms with Crippen LogP contribution in [0, 0.1) is 0 Å². The fourth-order valence-electron chi connectivity index (χ4n) is 2.87. The lowest BCUT2D eigenvalue weighted by atomic mass is 10.0. The van der Waals surface area contributed by atoms with E-state index in [-0.39, 0.29) is 0 Å². The highest BCUT2D eigenvalue weighted by Crippen LogP contribution is 2.21. The summed E-state index contributed by atoms with van der Waals surface area (Å²) in [4.78, 5) is 0. The summed E-state index contributed by atoms with van der Waals surface area (Å²) in [7, 11) is 0. The smallest absolute Gasteiger partial charge is 0.176 e. The molecule has 0 bridgehead atoms. The zero-order valence-corrected chi connectivity index (χ0v) is 14.4. The van der Waals surface area contributed by atoms with Crippen LogP contribution in [-0.2, 0) is 0 Å². The maximum Gasteiger partial charge on any atom is 0.176 e. The fourth-order valence-corrected chi connectivity index (χ4v) is 2.87. The third kappa shape index (κ3) is 3.30. The van der Waals surface area contributed by atoms with E-state index < -0.39 is 0 Å². The topological polar surface area (TPSA) is 50.2 Å². The van der Waals surface area contributed by atoms with Gasteiger partial charge in [-0.3, -0.25) is 5.43 Å². The van der Waals surface area contributed by atoms with Crippen molar-refractivity contribution in [1.82, 2.24) is 10.2 Å². The van der Waals surface area contributed by atoms with Crippen molar-refractivity contribution in [3.05, 3.63) is 90.6 Å². The van der Waals surface area contributed by atoms with E-state index >= 15 is 0 Å². The molecule has 0 spiro atoms. The summed E-state index contributed by atoms with van der Waals surface area (Å²) in [5.74, 6) is 0.654. The van der Waals surface area contributed by atoms with Crippen LogP contribution in [-0.4, -0.2) is 15.9 Å². The van der Waals surface area contributed by atoms with E-state index in [0.29, 0.717) is 5.82 Å². The third-order valence-corrected chi connectivity index (χ3v) is 4.29. The first kappa shape index (κ1) is 16.0. The maximum absolute atomic E-state index is 4.51. The Morgan fingerprint density at radius 1 is 0.846 bits per heavy atom. The number of nitrogens with zero attached hydrogens (tertiary/aromatic N) is 3. The molecule has 0 atom stereocenters.